The minimum atomic E-state index is 0.185. The summed E-state index contributed by atoms with van der Waals surface area (Å²) in [6.07, 6.45) is 1.48. The lowest BCUT2D eigenvalue weighted by atomic mass is 9.85. The standard InChI is InChI=1S/C17H27NO2/c1-5-20-16-10-15(17(16)19-4)18-11-13-6-8-14(9-7-13)12(2)3/h6-9,12,15-18H,5,10-11H2,1-4H3. The predicted molar refractivity (Wildman–Crippen MR) is 82.0 cm³/mol. The Labute approximate surface area is 122 Å². The second-order valence-corrected chi connectivity index (χ2v) is 5.81. The van der Waals surface area contributed by atoms with Crippen molar-refractivity contribution in [1.82, 2.24) is 5.32 Å². The van der Waals surface area contributed by atoms with Crippen LogP contribution >= 0.6 is 0 Å². The van der Waals surface area contributed by atoms with E-state index in [0.717, 1.165) is 19.6 Å². The van der Waals surface area contributed by atoms with E-state index in [1.54, 1.807) is 7.11 Å². The number of nitrogens with one attached hydrogen (secondary N) is 1. The van der Waals surface area contributed by atoms with Gasteiger partial charge in [0.05, 0.1) is 12.2 Å². The van der Waals surface area contributed by atoms with Crippen molar-refractivity contribution in [1.29, 1.82) is 0 Å². The quantitative estimate of drug-likeness (QED) is 0.831. The van der Waals surface area contributed by atoms with Gasteiger partial charge in [-0.25, -0.2) is 0 Å². The van der Waals surface area contributed by atoms with Gasteiger partial charge in [-0.05, 0) is 30.4 Å². The van der Waals surface area contributed by atoms with Crippen LogP contribution in [0.15, 0.2) is 24.3 Å². The summed E-state index contributed by atoms with van der Waals surface area (Å²) in [4.78, 5) is 0. The Balaban J connectivity index is 1.81. The van der Waals surface area contributed by atoms with Crippen LogP contribution in [0.1, 0.15) is 44.2 Å². The third-order valence-corrected chi connectivity index (χ3v) is 4.12. The highest BCUT2D eigenvalue weighted by atomic mass is 16.5. The molecule has 3 unspecified atom stereocenters. The second kappa shape index (κ2) is 7.21. The van der Waals surface area contributed by atoms with E-state index in [1.807, 2.05) is 6.92 Å². The van der Waals surface area contributed by atoms with Gasteiger partial charge in [-0.2, -0.15) is 0 Å². The Bertz CT molecular complexity index is 402. The van der Waals surface area contributed by atoms with Gasteiger partial charge in [0.2, 0.25) is 0 Å². The smallest absolute Gasteiger partial charge is 0.0986 e. The fourth-order valence-electron chi connectivity index (χ4n) is 2.74. The summed E-state index contributed by atoms with van der Waals surface area (Å²) in [7, 11) is 1.77. The molecule has 0 spiro atoms. The lowest BCUT2D eigenvalue weighted by Gasteiger charge is -2.43. The van der Waals surface area contributed by atoms with Gasteiger partial charge in [0.1, 0.15) is 0 Å². The minimum Gasteiger partial charge on any atom is -0.377 e. The number of hydrogen-bond donors (Lipinski definition) is 1. The molecule has 0 heterocycles. The maximum atomic E-state index is 5.64. The van der Waals surface area contributed by atoms with Crippen molar-refractivity contribution < 1.29 is 9.47 Å². The van der Waals surface area contributed by atoms with Crippen LogP contribution in [0.25, 0.3) is 0 Å². The normalized spacial score (nSPS) is 25.8. The highest BCUT2D eigenvalue weighted by Gasteiger charge is 2.41. The molecular formula is C17H27NO2. The molecule has 0 radical (unpaired) electrons. The number of benzene rings is 1. The van der Waals surface area contributed by atoms with Crippen LogP contribution < -0.4 is 5.32 Å². The lowest BCUT2D eigenvalue weighted by Crippen LogP contribution is -2.59. The molecule has 1 fully saturated rings. The van der Waals surface area contributed by atoms with Crippen LogP contribution in [0.5, 0.6) is 0 Å². The summed E-state index contributed by atoms with van der Waals surface area (Å²) < 4.78 is 11.2. The number of hydrogen-bond acceptors (Lipinski definition) is 3. The van der Waals surface area contributed by atoms with Gasteiger partial charge in [-0.1, -0.05) is 38.1 Å². The largest absolute Gasteiger partial charge is 0.377 e. The van der Waals surface area contributed by atoms with E-state index in [0.29, 0.717) is 12.0 Å². The summed E-state index contributed by atoms with van der Waals surface area (Å²) >= 11 is 0. The van der Waals surface area contributed by atoms with Crippen molar-refractivity contribution in [2.75, 3.05) is 13.7 Å². The van der Waals surface area contributed by atoms with Gasteiger partial charge in [-0.15, -0.1) is 0 Å². The van der Waals surface area contributed by atoms with Gasteiger partial charge in [0.15, 0.2) is 0 Å². The Kier molecular flexibility index (Phi) is 5.58. The first-order chi connectivity index (χ1) is 9.65. The summed E-state index contributed by atoms with van der Waals surface area (Å²) in [5.74, 6) is 0.591. The molecule has 1 aliphatic carbocycles. The maximum Gasteiger partial charge on any atom is 0.0986 e. The lowest BCUT2D eigenvalue weighted by molar-refractivity contribution is -0.131. The van der Waals surface area contributed by atoms with Gasteiger partial charge >= 0.3 is 0 Å². The molecule has 1 aromatic rings. The molecule has 0 aromatic heterocycles. The molecule has 1 aliphatic rings. The molecule has 1 saturated carbocycles. The zero-order valence-electron chi connectivity index (χ0n) is 13.1. The molecule has 0 bridgehead atoms. The first-order valence-electron chi connectivity index (χ1n) is 7.62. The van der Waals surface area contributed by atoms with E-state index in [-0.39, 0.29) is 12.2 Å². The van der Waals surface area contributed by atoms with E-state index >= 15 is 0 Å². The van der Waals surface area contributed by atoms with Gasteiger partial charge < -0.3 is 14.8 Å². The Morgan fingerprint density at radius 1 is 1.25 bits per heavy atom. The zero-order chi connectivity index (χ0) is 14.5. The fourth-order valence-corrected chi connectivity index (χ4v) is 2.74. The molecule has 1 N–H and O–H groups in total. The van der Waals surface area contributed by atoms with Crippen molar-refractivity contribution in [3.8, 4) is 0 Å². The third kappa shape index (κ3) is 3.60. The SMILES string of the molecule is CCOC1CC(NCc2ccc(C(C)C)cc2)C1OC. The van der Waals surface area contributed by atoms with E-state index in [9.17, 15) is 0 Å². The minimum absolute atomic E-state index is 0.185. The second-order valence-electron chi connectivity index (χ2n) is 5.81. The molecule has 3 heteroatoms. The van der Waals surface area contributed by atoms with Gasteiger partial charge in [0.25, 0.3) is 0 Å². The molecule has 3 nitrogen and oxygen atoms in total. The van der Waals surface area contributed by atoms with Crippen LogP contribution in [0.4, 0.5) is 0 Å². The van der Waals surface area contributed by atoms with Crippen molar-refractivity contribution in [3.63, 3.8) is 0 Å². The molecule has 3 atom stereocenters. The molecule has 0 amide bonds. The average Bonchev–Trinajstić information content (AvgIpc) is 2.42. The molecule has 0 saturated heterocycles. The first-order valence-corrected chi connectivity index (χ1v) is 7.62. The summed E-state index contributed by atoms with van der Waals surface area (Å²) in [5.41, 5.74) is 2.72. The summed E-state index contributed by atoms with van der Waals surface area (Å²) in [6, 6.07) is 9.27. The molecule has 2 rings (SSSR count). The van der Waals surface area contributed by atoms with Crippen LogP contribution in [0.2, 0.25) is 0 Å². The molecule has 1 aromatic carbocycles. The number of rotatable bonds is 7. The maximum absolute atomic E-state index is 5.64. The van der Waals surface area contributed by atoms with Gasteiger partial charge in [-0.3, -0.25) is 0 Å². The predicted octanol–water partition coefficient (Wildman–Crippen LogP) is 3.09. The van der Waals surface area contributed by atoms with Crippen LogP contribution in [-0.4, -0.2) is 32.0 Å². The topological polar surface area (TPSA) is 30.5 Å². The third-order valence-electron chi connectivity index (χ3n) is 4.12. The van der Waals surface area contributed by atoms with Crippen molar-refractivity contribution in [2.45, 2.75) is 57.9 Å². The molecule has 20 heavy (non-hydrogen) atoms. The fraction of sp³-hybridized carbons (Fsp3) is 0.647. The van der Waals surface area contributed by atoms with Crippen molar-refractivity contribution in [2.24, 2.45) is 0 Å². The molecule has 0 aliphatic heterocycles. The van der Waals surface area contributed by atoms with Gasteiger partial charge in [0, 0.05) is 26.3 Å². The molecule has 112 valence electrons. The first kappa shape index (κ1) is 15.5. The Morgan fingerprint density at radius 2 is 1.95 bits per heavy atom. The van der Waals surface area contributed by atoms with Crippen LogP contribution in [-0.2, 0) is 16.0 Å². The summed E-state index contributed by atoms with van der Waals surface area (Å²) in [5, 5.41) is 3.57. The van der Waals surface area contributed by atoms with Crippen molar-refractivity contribution >= 4 is 0 Å². The Morgan fingerprint density at radius 3 is 2.50 bits per heavy atom. The Hall–Kier alpha value is -0.900. The van der Waals surface area contributed by atoms with Crippen LogP contribution in [0.3, 0.4) is 0 Å². The van der Waals surface area contributed by atoms with E-state index < -0.39 is 0 Å². The van der Waals surface area contributed by atoms with E-state index in [4.69, 9.17) is 9.47 Å². The number of ether oxygens (including phenoxy) is 2. The number of methoxy groups -OCH3 is 1. The summed E-state index contributed by atoms with van der Waals surface area (Å²) in [6.45, 7) is 8.12. The van der Waals surface area contributed by atoms with Crippen LogP contribution in [0, 0.1) is 0 Å². The average molecular weight is 277 g/mol. The highest BCUT2D eigenvalue weighted by molar-refractivity contribution is 5.24. The monoisotopic (exact) mass is 277 g/mol. The van der Waals surface area contributed by atoms with Crippen molar-refractivity contribution in [3.05, 3.63) is 35.4 Å². The highest BCUT2D eigenvalue weighted by Crippen LogP contribution is 2.27. The zero-order valence-corrected chi connectivity index (χ0v) is 13.1. The molecular weight excluding hydrogens is 250 g/mol. The van der Waals surface area contributed by atoms with E-state index in [2.05, 4.69) is 43.4 Å². The van der Waals surface area contributed by atoms with E-state index in [1.165, 1.54) is 11.1 Å².